The molecule has 0 spiro atoms. The van der Waals surface area contributed by atoms with Crippen LogP contribution in [0.1, 0.15) is 6.92 Å². The molecule has 2 heterocycles. The number of hydrogen-bond donors (Lipinski definition) is 3. The molecule has 2 aromatic heterocycles. The number of anilines is 1. The van der Waals surface area contributed by atoms with E-state index < -0.39 is 0 Å². The van der Waals surface area contributed by atoms with Crippen LogP contribution in [0.4, 0.5) is 10.6 Å². The summed E-state index contributed by atoms with van der Waals surface area (Å²) in [7, 11) is 0. The molecule has 3 N–H and O–H groups in total. The predicted molar refractivity (Wildman–Crippen MR) is 54.4 cm³/mol. The Morgan fingerprint density at radius 3 is 3.13 bits per heavy atom. The van der Waals surface area contributed by atoms with Gasteiger partial charge in [-0.2, -0.15) is 0 Å². The van der Waals surface area contributed by atoms with Crippen molar-refractivity contribution in [2.75, 3.05) is 11.9 Å². The molecule has 0 bridgehead atoms. The van der Waals surface area contributed by atoms with E-state index in [0.29, 0.717) is 23.5 Å². The fourth-order valence-corrected chi connectivity index (χ4v) is 1.17. The number of nitrogens with zero attached hydrogens (tertiary/aromatic N) is 3. The highest BCUT2D eigenvalue weighted by Gasteiger charge is 2.08. The lowest BCUT2D eigenvalue weighted by Gasteiger charge is -2.04. The monoisotopic (exact) mass is 206 g/mol. The molecule has 2 aromatic rings. The minimum Gasteiger partial charge on any atom is -0.338 e. The summed E-state index contributed by atoms with van der Waals surface area (Å²) in [6.45, 7) is 2.39. The number of fused-ring (bicyclic) bond motifs is 1. The number of carbonyl (C=O) groups is 1. The first-order valence-corrected chi connectivity index (χ1v) is 4.50. The molecule has 0 saturated heterocycles. The van der Waals surface area contributed by atoms with Crippen LogP contribution in [0.3, 0.4) is 0 Å². The van der Waals surface area contributed by atoms with E-state index in [2.05, 4.69) is 30.6 Å². The maximum Gasteiger partial charge on any atom is 0.320 e. The molecule has 0 fully saturated rings. The van der Waals surface area contributed by atoms with Crippen LogP contribution < -0.4 is 10.6 Å². The predicted octanol–water partition coefficient (Wildman–Crippen LogP) is 0.494. The average Bonchev–Trinajstić information content (AvgIpc) is 2.67. The third kappa shape index (κ3) is 1.85. The van der Waals surface area contributed by atoms with E-state index in [9.17, 15) is 4.79 Å². The van der Waals surface area contributed by atoms with Crippen molar-refractivity contribution in [1.82, 2.24) is 25.3 Å². The van der Waals surface area contributed by atoms with E-state index in [-0.39, 0.29) is 6.03 Å². The summed E-state index contributed by atoms with van der Waals surface area (Å²) in [6, 6.07) is -0.305. The Kier molecular flexibility index (Phi) is 2.44. The van der Waals surface area contributed by atoms with Gasteiger partial charge in [0.05, 0.1) is 6.33 Å². The largest absolute Gasteiger partial charge is 0.338 e. The summed E-state index contributed by atoms with van der Waals surface area (Å²) >= 11 is 0. The summed E-state index contributed by atoms with van der Waals surface area (Å²) < 4.78 is 0. The van der Waals surface area contributed by atoms with E-state index in [1.165, 1.54) is 12.7 Å². The van der Waals surface area contributed by atoms with Crippen molar-refractivity contribution in [1.29, 1.82) is 0 Å². The van der Waals surface area contributed by atoms with Crippen molar-refractivity contribution in [3.05, 3.63) is 12.7 Å². The van der Waals surface area contributed by atoms with Crippen molar-refractivity contribution in [3.63, 3.8) is 0 Å². The van der Waals surface area contributed by atoms with Crippen LogP contribution in [0.15, 0.2) is 12.7 Å². The van der Waals surface area contributed by atoms with Crippen LogP contribution in [-0.2, 0) is 0 Å². The number of hydrogen-bond acceptors (Lipinski definition) is 4. The maximum atomic E-state index is 11.3. The fraction of sp³-hybridized carbons (Fsp3) is 0.250. The molecule has 7 heteroatoms. The van der Waals surface area contributed by atoms with Crippen molar-refractivity contribution in [3.8, 4) is 0 Å². The number of imidazole rings is 1. The third-order valence-corrected chi connectivity index (χ3v) is 1.79. The minimum atomic E-state index is -0.305. The van der Waals surface area contributed by atoms with Gasteiger partial charge in [0.25, 0.3) is 0 Å². The molecule has 0 unspecified atom stereocenters. The lowest BCUT2D eigenvalue weighted by Crippen LogP contribution is -2.28. The minimum absolute atomic E-state index is 0.305. The number of aromatic amines is 1. The lowest BCUT2D eigenvalue weighted by molar-refractivity contribution is 0.252. The van der Waals surface area contributed by atoms with Crippen molar-refractivity contribution in [2.45, 2.75) is 6.92 Å². The molecule has 0 atom stereocenters. The van der Waals surface area contributed by atoms with Gasteiger partial charge in [-0.1, -0.05) is 0 Å². The highest BCUT2D eigenvalue weighted by atomic mass is 16.2. The SMILES string of the molecule is CCNC(=O)Nc1ncnc2[nH]cnc12. The zero-order chi connectivity index (χ0) is 10.7. The fourth-order valence-electron chi connectivity index (χ4n) is 1.17. The van der Waals surface area contributed by atoms with Gasteiger partial charge in [0.1, 0.15) is 6.33 Å². The second-order valence-electron chi connectivity index (χ2n) is 2.81. The van der Waals surface area contributed by atoms with E-state index in [4.69, 9.17) is 0 Å². The Bertz CT molecular complexity index is 479. The molecule has 7 nitrogen and oxygen atoms in total. The first-order valence-electron chi connectivity index (χ1n) is 4.50. The Hall–Kier alpha value is -2.18. The Morgan fingerprint density at radius 1 is 1.47 bits per heavy atom. The molecular formula is C8H10N6O. The first kappa shape index (κ1) is 9.38. The van der Waals surface area contributed by atoms with Gasteiger partial charge in [0, 0.05) is 6.54 Å². The van der Waals surface area contributed by atoms with Gasteiger partial charge in [-0.15, -0.1) is 0 Å². The van der Waals surface area contributed by atoms with E-state index >= 15 is 0 Å². The number of H-pyrrole nitrogens is 1. The molecule has 2 amide bonds. The summed E-state index contributed by atoms with van der Waals surface area (Å²) in [5.41, 5.74) is 1.14. The van der Waals surface area contributed by atoms with Gasteiger partial charge < -0.3 is 10.3 Å². The van der Waals surface area contributed by atoms with Crippen LogP contribution >= 0.6 is 0 Å². The molecule has 0 aromatic carbocycles. The molecule has 2 rings (SSSR count). The summed E-state index contributed by atoms with van der Waals surface area (Å²) in [4.78, 5) is 26.0. The number of rotatable bonds is 2. The quantitative estimate of drug-likeness (QED) is 0.666. The highest BCUT2D eigenvalue weighted by Crippen LogP contribution is 2.13. The van der Waals surface area contributed by atoms with Crippen molar-refractivity contribution in [2.24, 2.45) is 0 Å². The van der Waals surface area contributed by atoms with Gasteiger partial charge in [-0.3, -0.25) is 5.32 Å². The number of amides is 2. The third-order valence-electron chi connectivity index (χ3n) is 1.79. The molecular weight excluding hydrogens is 196 g/mol. The Balaban J connectivity index is 2.27. The summed E-state index contributed by atoms with van der Waals surface area (Å²) in [6.07, 6.45) is 2.87. The number of carbonyl (C=O) groups excluding carboxylic acids is 1. The number of aromatic nitrogens is 4. The van der Waals surface area contributed by atoms with Gasteiger partial charge in [-0.25, -0.2) is 19.7 Å². The second kappa shape index (κ2) is 3.91. The lowest BCUT2D eigenvalue weighted by atomic mass is 10.5. The van der Waals surface area contributed by atoms with Gasteiger partial charge in [0.2, 0.25) is 0 Å². The standard InChI is InChI=1S/C8H10N6O/c1-2-9-8(15)14-7-5-6(11-3-10-5)12-4-13-7/h3-4H,2H2,1H3,(H3,9,10,11,12,13,14,15). The zero-order valence-electron chi connectivity index (χ0n) is 8.11. The van der Waals surface area contributed by atoms with E-state index in [1.54, 1.807) is 0 Å². The second-order valence-corrected chi connectivity index (χ2v) is 2.81. The Labute approximate surface area is 85.3 Å². The van der Waals surface area contributed by atoms with Crippen molar-refractivity contribution >= 4 is 23.0 Å². The van der Waals surface area contributed by atoms with Crippen LogP contribution in [0.25, 0.3) is 11.2 Å². The average molecular weight is 206 g/mol. The normalized spacial score (nSPS) is 10.2. The summed E-state index contributed by atoms with van der Waals surface area (Å²) in [5.74, 6) is 0.396. The first-order chi connectivity index (χ1) is 7.31. The molecule has 0 radical (unpaired) electrons. The molecule has 0 aliphatic rings. The summed E-state index contributed by atoms with van der Waals surface area (Å²) in [5, 5.41) is 5.19. The molecule has 0 aliphatic carbocycles. The molecule has 0 aliphatic heterocycles. The maximum absolute atomic E-state index is 11.3. The molecule has 0 saturated carbocycles. The smallest absolute Gasteiger partial charge is 0.320 e. The Morgan fingerprint density at radius 2 is 2.33 bits per heavy atom. The van der Waals surface area contributed by atoms with Gasteiger partial charge in [0.15, 0.2) is 17.0 Å². The van der Waals surface area contributed by atoms with Crippen LogP contribution in [0, 0.1) is 0 Å². The number of urea groups is 1. The van der Waals surface area contributed by atoms with Crippen LogP contribution in [0.2, 0.25) is 0 Å². The highest BCUT2D eigenvalue weighted by molar-refractivity contribution is 5.95. The van der Waals surface area contributed by atoms with E-state index in [1.807, 2.05) is 6.92 Å². The van der Waals surface area contributed by atoms with Crippen molar-refractivity contribution < 1.29 is 4.79 Å². The molecule has 15 heavy (non-hydrogen) atoms. The zero-order valence-corrected chi connectivity index (χ0v) is 8.11. The van der Waals surface area contributed by atoms with Gasteiger partial charge in [-0.05, 0) is 6.92 Å². The van der Waals surface area contributed by atoms with Gasteiger partial charge >= 0.3 is 6.03 Å². The van der Waals surface area contributed by atoms with E-state index in [0.717, 1.165) is 0 Å². The topological polar surface area (TPSA) is 95.6 Å². The van der Waals surface area contributed by atoms with Crippen LogP contribution in [0.5, 0.6) is 0 Å². The van der Waals surface area contributed by atoms with Crippen LogP contribution in [-0.4, -0.2) is 32.5 Å². The molecule has 78 valence electrons. The number of nitrogens with one attached hydrogen (secondary N) is 3.